The topological polar surface area (TPSA) is 68.6 Å². The minimum absolute atomic E-state index is 0.239. The van der Waals surface area contributed by atoms with Gasteiger partial charge in [0.2, 0.25) is 0 Å². The van der Waals surface area contributed by atoms with Crippen LogP contribution in [0, 0.1) is 0 Å². The first-order chi connectivity index (χ1) is 8.79. The fourth-order valence-corrected chi connectivity index (χ4v) is 1.64. The van der Waals surface area contributed by atoms with Gasteiger partial charge in [-0.15, -0.1) is 0 Å². The highest BCUT2D eigenvalue weighted by molar-refractivity contribution is 5.24. The van der Waals surface area contributed by atoms with Crippen LogP contribution in [-0.2, 0) is 17.9 Å². The second kappa shape index (κ2) is 6.35. The minimum Gasteiger partial charge on any atom is -0.467 e. The average molecular weight is 247 g/mol. The van der Waals surface area contributed by atoms with E-state index >= 15 is 0 Å². The van der Waals surface area contributed by atoms with Crippen molar-refractivity contribution < 1.29 is 14.3 Å². The van der Waals surface area contributed by atoms with E-state index in [-0.39, 0.29) is 6.61 Å². The molecule has 0 saturated heterocycles. The Bertz CT molecular complexity index is 450. The van der Waals surface area contributed by atoms with Gasteiger partial charge in [0.05, 0.1) is 12.9 Å². The van der Waals surface area contributed by atoms with E-state index in [4.69, 9.17) is 14.9 Å². The molecule has 1 aromatic carbocycles. The summed E-state index contributed by atoms with van der Waals surface area (Å²) >= 11 is 0. The van der Waals surface area contributed by atoms with Crippen LogP contribution in [0.25, 0.3) is 0 Å². The molecule has 1 heterocycles. The number of nitrogens with two attached hydrogens (primary N) is 1. The Morgan fingerprint density at radius 2 is 2.00 bits per heavy atom. The molecule has 0 radical (unpaired) electrons. The largest absolute Gasteiger partial charge is 0.467 e. The van der Waals surface area contributed by atoms with E-state index in [1.54, 1.807) is 12.3 Å². The SMILES string of the molecule is NCc1ccc(C(O)COCc2ccco2)cc1. The van der Waals surface area contributed by atoms with Gasteiger partial charge >= 0.3 is 0 Å². The Morgan fingerprint density at radius 3 is 2.61 bits per heavy atom. The van der Waals surface area contributed by atoms with Gasteiger partial charge in [-0.25, -0.2) is 0 Å². The molecule has 96 valence electrons. The summed E-state index contributed by atoms with van der Waals surface area (Å²) in [6.07, 6.45) is 0.965. The lowest BCUT2D eigenvalue weighted by Crippen LogP contribution is -2.07. The number of aliphatic hydroxyl groups is 1. The van der Waals surface area contributed by atoms with Crippen molar-refractivity contribution in [1.29, 1.82) is 0 Å². The molecular formula is C14H17NO3. The summed E-state index contributed by atoms with van der Waals surface area (Å²) in [6, 6.07) is 11.2. The van der Waals surface area contributed by atoms with Crippen molar-refractivity contribution in [3.8, 4) is 0 Å². The fourth-order valence-electron chi connectivity index (χ4n) is 1.64. The summed E-state index contributed by atoms with van der Waals surface area (Å²) < 4.78 is 10.5. The third kappa shape index (κ3) is 3.43. The van der Waals surface area contributed by atoms with E-state index in [9.17, 15) is 5.11 Å². The molecule has 0 aliphatic carbocycles. The molecule has 0 aliphatic rings. The molecular weight excluding hydrogens is 230 g/mol. The van der Waals surface area contributed by atoms with E-state index < -0.39 is 6.10 Å². The molecule has 0 bridgehead atoms. The molecule has 2 rings (SSSR count). The maximum absolute atomic E-state index is 9.93. The highest BCUT2D eigenvalue weighted by atomic mass is 16.5. The lowest BCUT2D eigenvalue weighted by atomic mass is 10.1. The maximum Gasteiger partial charge on any atom is 0.129 e. The Morgan fingerprint density at radius 1 is 1.22 bits per heavy atom. The number of hydrogen-bond acceptors (Lipinski definition) is 4. The first-order valence-corrected chi connectivity index (χ1v) is 5.86. The molecule has 1 aromatic heterocycles. The van der Waals surface area contributed by atoms with E-state index in [0.29, 0.717) is 13.2 Å². The van der Waals surface area contributed by atoms with Gasteiger partial charge in [-0.3, -0.25) is 0 Å². The molecule has 0 fully saturated rings. The molecule has 4 nitrogen and oxygen atoms in total. The summed E-state index contributed by atoms with van der Waals surface area (Å²) in [5.74, 6) is 0.751. The van der Waals surface area contributed by atoms with Crippen LogP contribution in [0.2, 0.25) is 0 Å². The van der Waals surface area contributed by atoms with Gasteiger partial charge in [0.1, 0.15) is 18.5 Å². The van der Waals surface area contributed by atoms with Crippen molar-refractivity contribution in [2.75, 3.05) is 6.61 Å². The third-order valence-electron chi connectivity index (χ3n) is 2.70. The molecule has 4 heteroatoms. The van der Waals surface area contributed by atoms with E-state index in [1.807, 2.05) is 30.3 Å². The van der Waals surface area contributed by atoms with Crippen LogP contribution in [0.5, 0.6) is 0 Å². The van der Waals surface area contributed by atoms with E-state index in [0.717, 1.165) is 16.9 Å². The fraction of sp³-hybridized carbons (Fsp3) is 0.286. The lowest BCUT2D eigenvalue weighted by Gasteiger charge is -2.11. The molecule has 0 amide bonds. The molecule has 1 atom stereocenters. The number of furan rings is 1. The van der Waals surface area contributed by atoms with Crippen LogP contribution in [0.15, 0.2) is 47.1 Å². The van der Waals surface area contributed by atoms with Gasteiger partial charge in [-0.1, -0.05) is 24.3 Å². The van der Waals surface area contributed by atoms with Crippen molar-refractivity contribution in [3.05, 3.63) is 59.5 Å². The second-order valence-electron chi connectivity index (χ2n) is 4.06. The summed E-state index contributed by atoms with van der Waals surface area (Å²) in [6.45, 7) is 1.11. The smallest absolute Gasteiger partial charge is 0.129 e. The highest BCUT2D eigenvalue weighted by Gasteiger charge is 2.08. The first-order valence-electron chi connectivity index (χ1n) is 5.86. The summed E-state index contributed by atoms with van der Waals surface area (Å²) in [5.41, 5.74) is 7.38. The summed E-state index contributed by atoms with van der Waals surface area (Å²) in [4.78, 5) is 0. The summed E-state index contributed by atoms with van der Waals surface area (Å²) in [5, 5.41) is 9.93. The average Bonchev–Trinajstić information content (AvgIpc) is 2.92. The van der Waals surface area contributed by atoms with Crippen LogP contribution >= 0.6 is 0 Å². The quantitative estimate of drug-likeness (QED) is 0.819. The lowest BCUT2D eigenvalue weighted by molar-refractivity contribution is 0.0214. The standard InChI is InChI=1S/C14H17NO3/c15-8-11-3-5-12(6-4-11)14(16)10-17-9-13-2-1-7-18-13/h1-7,14,16H,8-10,15H2. The molecule has 1 unspecified atom stereocenters. The van der Waals surface area contributed by atoms with Crippen molar-refractivity contribution in [3.63, 3.8) is 0 Å². The third-order valence-corrected chi connectivity index (χ3v) is 2.70. The number of benzene rings is 1. The summed E-state index contributed by atoms with van der Waals surface area (Å²) in [7, 11) is 0. The predicted molar refractivity (Wildman–Crippen MR) is 67.7 cm³/mol. The Kier molecular flexibility index (Phi) is 4.52. The Hall–Kier alpha value is -1.62. The number of hydrogen-bond donors (Lipinski definition) is 2. The van der Waals surface area contributed by atoms with Crippen LogP contribution in [0.4, 0.5) is 0 Å². The normalized spacial score (nSPS) is 12.6. The molecule has 0 spiro atoms. The second-order valence-corrected chi connectivity index (χ2v) is 4.06. The van der Waals surface area contributed by atoms with Gasteiger partial charge < -0.3 is 20.0 Å². The Balaban J connectivity index is 1.81. The van der Waals surface area contributed by atoms with Gasteiger partial charge in [0, 0.05) is 6.54 Å². The molecule has 0 saturated carbocycles. The van der Waals surface area contributed by atoms with Gasteiger partial charge in [0.25, 0.3) is 0 Å². The zero-order valence-corrected chi connectivity index (χ0v) is 10.1. The van der Waals surface area contributed by atoms with Crippen molar-refractivity contribution in [2.24, 2.45) is 5.73 Å². The first kappa shape index (κ1) is 12.8. The van der Waals surface area contributed by atoms with Crippen molar-refractivity contribution >= 4 is 0 Å². The number of ether oxygens (including phenoxy) is 1. The van der Waals surface area contributed by atoms with Crippen LogP contribution in [0.3, 0.4) is 0 Å². The van der Waals surface area contributed by atoms with Crippen LogP contribution in [-0.4, -0.2) is 11.7 Å². The van der Waals surface area contributed by atoms with Crippen molar-refractivity contribution in [1.82, 2.24) is 0 Å². The zero-order chi connectivity index (χ0) is 12.8. The van der Waals surface area contributed by atoms with Crippen LogP contribution in [0.1, 0.15) is 23.0 Å². The minimum atomic E-state index is -0.633. The van der Waals surface area contributed by atoms with Crippen molar-refractivity contribution in [2.45, 2.75) is 19.3 Å². The Labute approximate surface area is 106 Å². The molecule has 18 heavy (non-hydrogen) atoms. The highest BCUT2D eigenvalue weighted by Crippen LogP contribution is 2.15. The molecule has 2 aromatic rings. The molecule has 0 aliphatic heterocycles. The van der Waals surface area contributed by atoms with E-state index in [2.05, 4.69) is 0 Å². The monoisotopic (exact) mass is 247 g/mol. The van der Waals surface area contributed by atoms with Gasteiger partial charge in [-0.2, -0.15) is 0 Å². The van der Waals surface area contributed by atoms with Gasteiger partial charge in [0.15, 0.2) is 0 Å². The van der Waals surface area contributed by atoms with Gasteiger partial charge in [-0.05, 0) is 23.3 Å². The van der Waals surface area contributed by atoms with E-state index in [1.165, 1.54) is 0 Å². The molecule has 3 N–H and O–H groups in total. The zero-order valence-electron chi connectivity index (χ0n) is 10.1. The maximum atomic E-state index is 9.93. The number of aliphatic hydroxyl groups excluding tert-OH is 1. The predicted octanol–water partition coefficient (Wildman–Crippen LogP) is 1.99. The van der Waals surface area contributed by atoms with Crippen LogP contribution < -0.4 is 5.73 Å². The number of rotatable bonds is 6.